The molecule has 0 N–H and O–H groups in total. The summed E-state index contributed by atoms with van der Waals surface area (Å²) in [6.07, 6.45) is 3.35. The molecule has 1 aliphatic rings. The van der Waals surface area contributed by atoms with E-state index in [0.29, 0.717) is 12.5 Å². The van der Waals surface area contributed by atoms with Crippen LogP contribution in [-0.2, 0) is 14.3 Å². The highest BCUT2D eigenvalue weighted by Crippen LogP contribution is 2.27. The lowest BCUT2D eigenvalue weighted by molar-refractivity contribution is 0.185. The van der Waals surface area contributed by atoms with E-state index in [9.17, 15) is 8.42 Å². The molecule has 1 aliphatic carbocycles. The molecular formula is C11H13BrO3S. The minimum atomic E-state index is -3.57. The molecule has 5 heteroatoms. The smallest absolute Gasteiger partial charge is 0.266 e. The monoisotopic (exact) mass is 304 g/mol. The second-order valence-corrected chi connectivity index (χ2v) is 6.52. The molecule has 1 saturated carbocycles. The fraction of sp³-hybridized carbons (Fsp3) is 0.455. The molecule has 1 aromatic rings. The van der Waals surface area contributed by atoms with Crippen molar-refractivity contribution in [2.75, 3.05) is 6.61 Å². The maximum atomic E-state index is 11.8. The van der Waals surface area contributed by atoms with Crippen molar-refractivity contribution >= 4 is 26.0 Å². The standard InChI is InChI=1S/C11H13BrO3S/c12-10-4-6-11(7-5-10)16(13,14)15-8-9-2-1-3-9/h4-7,9H,1-3,8H2. The van der Waals surface area contributed by atoms with Crippen molar-refractivity contribution in [3.8, 4) is 0 Å². The Morgan fingerprint density at radius 1 is 1.25 bits per heavy atom. The number of hydrogen-bond acceptors (Lipinski definition) is 3. The topological polar surface area (TPSA) is 43.4 Å². The van der Waals surface area contributed by atoms with Gasteiger partial charge in [-0.15, -0.1) is 0 Å². The van der Waals surface area contributed by atoms with E-state index in [-0.39, 0.29) is 4.90 Å². The van der Waals surface area contributed by atoms with E-state index in [4.69, 9.17) is 4.18 Å². The second kappa shape index (κ2) is 4.85. The van der Waals surface area contributed by atoms with Gasteiger partial charge in [0.2, 0.25) is 0 Å². The molecule has 0 aromatic heterocycles. The minimum Gasteiger partial charge on any atom is -0.266 e. The fourth-order valence-corrected chi connectivity index (χ4v) is 2.76. The van der Waals surface area contributed by atoms with E-state index >= 15 is 0 Å². The molecule has 0 atom stereocenters. The van der Waals surface area contributed by atoms with Gasteiger partial charge in [-0.3, -0.25) is 4.18 Å². The predicted octanol–water partition coefficient (Wildman–Crippen LogP) is 2.95. The molecule has 0 spiro atoms. The molecule has 0 unspecified atom stereocenters. The largest absolute Gasteiger partial charge is 0.296 e. The van der Waals surface area contributed by atoms with Crippen LogP contribution < -0.4 is 0 Å². The Morgan fingerprint density at radius 3 is 2.38 bits per heavy atom. The number of rotatable bonds is 4. The van der Waals surface area contributed by atoms with Gasteiger partial charge in [0.05, 0.1) is 11.5 Å². The van der Waals surface area contributed by atoms with Crippen LogP contribution in [0, 0.1) is 5.92 Å². The zero-order valence-electron chi connectivity index (χ0n) is 8.73. The van der Waals surface area contributed by atoms with Gasteiger partial charge in [0.1, 0.15) is 0 Å². The summed E-state index contributed by atoms with van der Waals surface area (Å²) < 4.78 is 29.4. The average Bonchev–Trinajstić information content (AvgIpc) is 2.15. The lowest BCUT2D eigenvalue weighted by Crippen LogP contribution is -2.20. The molecule has 2 rings (SSSR count). The first-order chi connectivity index (χ1) is 7.58. The molecule has 1 aromatic carbocycles. The number of benzene rings is 1. The third kappa shape index (κ3) is 2.84. The van der Waals surface area contributed by atoms with Crippen molar-refractivity contribution in [1.82, 2.24) is 0 Å². The van der Waals surface area contributed by atoms with Crippen molar-refractivity contribution < 1.29 is 12.6 Å². The van der Waals surface area contributed by atoms with E-state index in [1.165, 1.54) is 6.42 Å². The normalized spacial score (nSPS) is 17.1. The Morgan fingerprint density at radius 2 is 1.88 bits per heavy atom. The molecule has 0 heterocycles. The van der Waals surface area contributed by atoms with E-state index in [0.717, 1.165) is 17.3 Å². The van der Waals surface area contributed by atoms with Gasteiger partial charge in [0.15, 0.2) is 0 Å². The van der Waals surface area contributed by atoms with Crippen molar-refractivity contribution in [2.24, 2.45) is 5.92 Å². The Kier molecular flexibility index (Phi) is 3.66. The van der Waals surface area contributed by atoms with Crippen molar-refractivity contribution in [2.45, 2.75) is 24.2 Å². The molecule has 0 amide bonds. The molecule has 0 aliphatic heterocycles. The molecular weight excluding hydrogens is 292 g/mol. The molecule has 0 bridgehead atoms. The van der Waals surface area contributed by atoms with Crippen molar-refractivity contribution in [3.05, 3.63) is 28.7 Å². The Labute approximate surface area is 104 Å². The molecule has 0 saturated heterocycles. The SMILES string of the molecule is O=S(=O)(OCC1CCC1)c1ccc(Br)cc1. The van der Waals surface area contributed by atoms with Crippen molar-refractivity contribution in [3.63, 3.8) is 0 Å². The zero-order valence-corrected chi connectivity index (χ0v) is 11.1. The Bertz CT molecular complexity index is 449. The number of hydrogen-bond donors (Lipinski definition) is 0. The van der Waals surface area contributed by atoms with Gasteiger partial charge in [-0.05, 0) is 43.0 Å². The third-order valence-electron chi connectivity index (χ3n) is 2.79. The lowest BCUT2D eigenvalue weighted by Gasteiger charge is -2.24. The van der Waals surface area contributed by atoms with Crippen molar-refractivity contribution in [1.29, 1.82) is 0 Å². The van der Waals surface area contributed by atoms with Gasteiger partial charge >= 0.3 is 0 Å². The minimum absolute atomic E-state index is 0.218. The highest BCUT2D eigenvalue weighted by Gasteiger charge is 2.22. The van der Waals surface area contributed by atoms with Crippen LogP contribution in [0.2, 0.25) is 0 Å². The van der Waals surface area contributed by atoms with Crippen LogP contribution in [0.15, 0.2) is 33.6 Å². The van der Waals surface area contributed by atoms with E-state index in [2.05, 4.69) is 15.9 Å². The Hall–Kier alpha value is -0.390. The van der Waals surface area contributed by atoms with Crippen LogP contribution in [0.25, 0.3) is 0 Å². The van der Waals surface area contributed by atoms with Gasteiger partial charge in [0, 0.05) is 4.47 Å². The van der Waals surface area contributed by atoms with Gasteiger partial charge in [-0.1, -0.05) is 22.4 Å². The third-order valence-corrected chi connectivity index (χ3v) is 4.61. The maximum Gasteiger partial charge on any atom is 0.296 e. The average molecular weight is 305 g/mol. The highest BCUT2D eigenvalue weighted by molar-refractivity contribution is 9.10. The Balaban J connectivity index is 2.02. The molecule has 3 nitrogen and oxygen atoms in total. The molecule has 16 heavy (non-hydrogen) atoms. The second-order valence-electron chi connectivity index (χ2n) is 3.99. The summed E-state index contributed by atoms with van der Waals surface area (Å²) in [5.41, 5.74) is 0. The van der Waals surface area contributed by atoms with E-state index in [1.807, 2.05) is 0 Å². The van der Waals surface area contributed by atoms with Crippen LogP contribution in [0.3, 0.4) is 0 Å². The first-order valence-corrected chi connectivity index (χ1v) is 7.43. The van der Waals surface area contributed by atoms with Crippen LogP contribution in [0.1, 0.15) is 19.3 Å². The predicted molar refractivity (Wildman–Crippen MR) is 64.6 cm³/mol. The number of halogens is 1. The van der Waals surface area contributed by atoms with Gasteiger partial charge in [0.25, 0.3) is 10.1 Å². The van der Waals surface area contributed by atoms with E-state index < -0.39 is 10.1 Å². The van der Waals surface area contributed by atoms with Crippen LogP contribution in [0.5, 0.6) is 0 Å². The lowest BCUT2D eigenvalue weighted by atomic mass is 9.86. The maximum absolute atomic E-state index is 11.8. The van der Waals surface area contributed by atoms with Gasteiger partial charge in [-0.25, -0.2) is 0 Å². The summed E-state index contributed by atoms with van der Waals surface area (Å²) in [6.45, 7) is 0.318. The summed E-state index contributed by atoms with van der Waals surface area (Å²) in [4.78, 5) is 0.218. The first kappa shape index (κ1) is 12.1. The van der Waals surface area contributed by atoms with Crippen LogP contribution in [0.4, 0.5) is 0 Å². The summed E-state index contributed by atoms with van der Waals surface area (Å²) in [5, 5.41) is 0. The van der Waals surface area contributed by atoms with Crippen LogP contribution >= 0.6 is 15.9 Å². The van der Waals surface area contributed by atoms with Crippen LogP contribution in [-0.4, -0.2) is 15.0 Å². The summed E-state index contributed by atoms with van der Waals surface area (Å²) in [7, 11) is -3.57. The summed E-state index contributed by atoms with van der Waals surface area (Å²) in [5.74, 6) is 0.422. The quantitative estimate of drug-likeness (QED) is 0.803. The van der Waals surface area contributed by atoms with Gasteiger partial charge < -0.3 is 0 Å². The molecule has 1 fully saturated rings. The highest BCUT2D eigenvalue weighted by atomic mass is 79.9. The molecule has 0 radical (unpaired) electrons. The molecule has 88 valence electrons. The fourth-order valence-electron chi connectivity index (χ4n) is 1.51. The first-order valence-electron chi connectivity index (χ1n) is 5.23. The zero-order chi connectivity index (χ0) is 11.6. The van der Waals surface area contributed by atoms with Gasteiger partial charge in [-0.2, -0.15) is 8.42 Å². The summed E-state index contributed by atoms with van der Waals surface area (Å²) in [6, 6.07) is 6.47. The summed E-state index contributed by atoms with van der Waals surface area (Å²) >= 11 is 3.26. The van der Waals surface area contributed by atoms with E-state index in [1.54, 1.807) is 24.3 Å².